The number of ether oxygens (including phenoxy) is 1. The number of nitrogens with one attached hydrogen (secondary N) is 2. The zero-order valence-corrected chi connectivity index (χ0v) is 15.1. The summed E-state index contributed by atoms with van der Waals surface area (Å²) in [4.78, 5) is 12.8. The minimum absolute atomic E-state index is 0.554. The van der Waals surface area contributed by atoms with Crippen molar-refractivity contribution in [3.63, 3.8) is 0 Å². The molecule has 0 saturated heterocycles. The van der Waals surface area contributed by atoms with Gasteiger partial charge in [-0.15, -0.1) is 0 Å². The number of nitrogens with zero attached hydrogens (tertiary/aromatic N) is 3. The number of aromatic nitrogens is 3. The van der Waals surface area contributed by atoms with Gasteiger partial charge in [-0.1, -0.05) is 24.3 Å². The summed E-state index contributed by atoms with van der Waals surface area (Å²) < 4.78 is 5.81. The largest absolute Gasteiger partial charge is 0.457 e. The molecule has 4 aromatic rings. The number of hydrogen-bond donors (Lipinski definition) is 2. The Balaban J connectivity index is 1.37. The predicted molar refractivity (Wildman–Crippen MR) is 110 cm³/mol. The summed E-state index contributed by atoms with van der Waals surface area (Å²) in [5.41, 5.74) is 1.98. The van der Waals surface area contributed by atoms with Crippen LogP contribution < -0.4 is 15.4 Å². The normalized spacial score (nSPS) is 10.3. The lowest BCUT2D eigenvalue weighted by atomic mass is 10.3. The van der Waals surface area contributed by atoms with E-state index >= 15 is 0 Å². The van der Waals surface area contributed by atoms with Gasteiger partial charge in [-0.3, -0.25) is 4.98 Å². The second-order valence-corrected chi connectivity index (χ2v) is 6.04. The molecule has 0 aliphatic carbocycles. The van der Waals surface area contributed by atoms with Crippen molar-refractivity contribution in [3.05, 3.63) is 97.0 Å². The topological polar surface area (TPSA) is 72.0 Å². The molecule has 6 heteroatoms. The van der Waals surface area contributed by atoms with Crippen molar-refractivity contribution in [1.82, 2.24) is 15.0 Å². The minimum atomic E-state index is 0.554. The maximum Gasteiger partial charge on any atom is 0.224 e. The van der Waals surface area contributed by atoms with Gasteiger partial charge in [0, 0.05) is 30.8 Å². The van der Waals surface area contributed by atoms with Crippen molar-refractivity contribution in [3.8, 4) is 11.5 Å². The molecule has 138 valence electrons. The molecule has 2 N–H and O–H groups in total. The molecule has 2 heterocycles. The van der Waals surface area contributed by atoms with E-state index in [0.29, 0.717) is 18.3 Å². The van der Waals surface area contributed by atoms with Crippen LogP contribution in [-0.2, 0) is 6.54 Å². The molecular weight excluding hydrogens is 350 g/mol. The smallest absolute Gasteiger partial charge is 0.224 e. The van der Waals surface area contributed by atoms with Gasteiger partial charge < -0.3 is 15.4 Å². The first-order chi connectivity index (χ1) is 13.8. The Hall–Kier alpha value is -3.93. The summed E-state index contributed by atoms with van der Waals surface area (Å²) >= 11 is 0. The van der Waals surface area contributed by atoms with Crippen LogP contribution >= 0.6 is 0 Å². The Morgan fingerprint density at radius 2 is 1.61 bits per heavy atom. The summed E-state index contributed by atoms with van der Waals surface area (Å²) in [6, 6.07) is 23.1. The zero-order valence-electron chi connectivity index (χ0n) is 15.1. The highest BCUT2D eigenvalue weighted by Gasteiger charge is 2.02. The van der Waals surface area contributed by atoms with Gasteiger partial charge in [-0.25, -0.2) is 4.98 Å². The number of rotatable bonds is 7. The van der Waals surface area contributed by atoms with Gasteiger partial charge in [0.05, 0.1) is 0 Å². The molecule has 0 radical (unpaired) electrons. The lowest BCUT2D eigenvalue weighted by molar-refractivity contribution is 0.483. The molecule has 0 amide bonds. The fraction of sp³-hybridized carbons (Fsp3) is 0.0455. The lowest BCUT2D eigenvalue weighted by Crippen LogP contribution is -2.05. The van der Waals surface area contributed by atoms with E-state index in [0.717, 1.165) is 22.7 Å². The molecule has 0 aliphatic rings. The Labute approximate surface area is 163 Å². The van der Waals surface area contributed by atoms with Gasteiger partial charge in [-0.05, 0) is 54.1 Å². The number of pyridine rings is 1. The third-order valence-electron chi connectivity index (χ3n) is 3.93. The maximum absolute atomic E-state index is 5.81. The van der Waals surface area contributed by atoms with Crippen molar-refractivity contribution in [2.24, 2.45) is 0 Å². The quantitative estimate of drug-likeness (QED) is 0.477. The second-order valence-electron chi connectivity index (χ2n) is 6.04. The fourth-order valence-corrected chi connectivity index (χ4v) is 2.58. The second kappa shape index (κ2) is 8.64. The van der Waals surface area contributed by atoms with Crippen LogP contribution in [-0.4, -0.2) is 15.0 Å². The van der Waals surface area contributed by atoms with Crippen LogP contribution in [0.15, 0.2) is 91.4 Å². The molecule has 0 fully saturated rings. The van der Waals surface area contributed by atoms with Crippen LogP contribution in [0.5, 0.6) is 11.5 Å². The average molecular weight is 369 g/mol. The van der Waals surface area contributed by atoms with Gasteiger partial charge in [0.2, 0.25) is 5.95 Å². The van der Waals surface area contributed by atoms with Crippen LogP contribution in [0.2, 0.25) is 0 Å². The van der Waals surface area contributed by atoms with Gasteiger partial charge in [-0.2, -0.15) is 4.98 Å². The van der Waals surface area contributed by atoms with Gasteiger partial charge in [0.15, 0.2) is 0 Å². The molecule has 0 aliphatic heterocycles. The summed E-state index contributed by atoms with van der Waals surface area (Å²) in [7, 11) is 0. The molecule has 0 atom stereocenters. The first kappa shape index (κ1) is 17.5. The molecule has 28 heavy (non-hydrogen) atoms. The number of hydrogen-bond acceptors (Lipinski definition) is 6. The fourth-order valence-electron chi connectivity index (χ4n) is 2.58. The molecule has 2 aromatic heterocycles. The molecule has 0 spiro atoms. The molecule has 2 aromatic carbocycles. The van der Waals surface area contributed by atoms with Crippen LogP contribution in [0.25, 0.3) is 0 Å². The highest BCUT2D eigenvalue weighted by Crippen LogP contribution is 2.24. The van der Waals surface area contributed by atoms with Crippen molar-refractivity contribution in [2.45, 2.75) is 6.54 Å². The van der Waals surface area contributed by atoms with Gasteiger partial charge in [0.25, 0.3) is 0 Å². The Morgan fingerprint density at radius 3 is 2.39 bits per heavy atom. The first-order valence-corrected chi connectivity index (χ1v) is 8.91. The molecule has 0 bridgehead atoms. The first-order valence-electron chi connectivity index (χ1n) is 8.91. The zero-order chi connectivity index (χ0) is 19.0. The van der Waals surface area contributed by atoms with E-state index in [1.165, 1.54) is 0 Å². The third kappa shape index (κ3) is 4.82. The number of benzene rings is 2. The van der Waals surface area contributed by atoms with E-state index in [1.54, 1.807) is 12.4 Å². The highest BCUT2D eigenvalue weighted by atomic mass is 16.5. The van der Waals surface area contributed by atoms with Crippen LogP contribution in [0.3, 0.4) is 0 Å². The molecular formula is C22H19N5O. The third-order valence-corrected chi connectivity index (χ3v) is 3.93. The van der Waals surface area contributed by atoms with E-state index in [4.69, 9.17) is 4.74 Å². The Kier molecular flexibility index (Phi) is 5.39. The number of anilines is 3. The van der Waals surface area contributed by atoms with Crippen LogP contribution in [0, 0.1) is 0 Å². The summed E-state index contributed by atoms with van der Waals surface area (Å²) in [6.07, 6.45) is 5.28. The maximum atomic E-state index is 5.81. The predicted octanol–water partition coefficient (Wildman–Crippen LogP) is 5.02. The van der Waals surface area contributed by atoms with Gasteiger partial charge in [0.1, 0.15) is 17.3 Å². The molecule has 0 saturated carbocycles. The minimum Gasteiger partial charge on any atom is -0.457 e. The van der Waals surface area contributed by atoms with Crippen molar-refractivity contribution < 1.29 is 4.74 Å². The van der Waals surface area contributed by atoms with Gasteiger partial charge >= 0.3 is 0 Å². The molecule has 0 unspecified atom stereocenters. The van der Waals surface area contributed by atoms with Crippen molar-refractivity contribution in [1.29, 1.82) is 0 Å². The summed E-state index contributed by atoms with van der Waals surface area (Å²) in [5, 5.41) is 6.48. The number of para-hydroxylation sites is 1. The van der Waals surface area contributed by atoms with E-state index in [2.05, 4.69) is 25.6 Å². The lowest BCUT2D eigenvalue weighted by Gasteiger charge is -2.10. The monoisotopic (exact) mass is 369 g/mol. The Bertz CT molecular complexity index is 1010. The van der Waals surface area contributed by atoms with E-state index in [9.17, 15) is 0 Å². The van der Waals surface area contributed by atoms with Crippen LogP contribution in [0.1, 0.15) is 5.56 Å². The highest BCUT2D eigenvalue weighted by molar-refractivity contribution is 5.58. The summed E-state index contributed by atoms with van der Waals surface area (Å²) in [6.45, 7) is 0.614. The van der Waals surface area contributed by atoms with E-state index in [1.807, 2.05) is 79.0 Å². The SMILES string of the molecule is c1ccc(Oc2ccc(Nc3ccnc(NCc4cccnc4)n3)cc2)cc1. The van der Waals surface area contributed by atoms with Crippen molar-refractivity contribution >= 4 is 17.5 Å². The van der Waals surface area contributed by atoms with Crippen molar-refractivity contribution in [2.75, 3.05) is 10.6 Å². The Morgan fingerprint density at radius 1 is 0.786 bits per heavy atom. The van der Waals surface area contributed by atoms with Crippen LogP contribution in [0.4, 0.5) is 17.5 Å². The van der Waals surface area contributed by atoms with E-state index < -0.39 is 0 Å². The summed E-state index contributed by atoms with van der Waals surface area (Å²) in [5.74, 6) is 2.85. The van der Waals surface area contributed by atoms with E-state index in [-0.39, 0.29) is 0 Å². The average Bonchev–Trinajstić information content (AvgIpc) is 2.76. The molecule has 4 rings (SSSR count). The molecule has 6 nitrogen and oxygen atoms in total. The standard InChI is InChI=1S/C22H19N5O/c1-2-6-19(7-3-1)28-20-10-8-18(9-11-20)26-21-12-14-24-22(27-21)25-16-17-5-4-13-23-15-17/h1-15H,16H2,(H2,24,25,26,27).